The van der Waals surface area contributed by atoms with Crippen LogP contribution in [0.1, 0.15) is 42.7 Å². The Morgan fingerprint density at radius 2 is 2.11 bits per heavy atom. The van der Waals surface area contributed by atoms with Crippen molar-refractivity contribution in [3.8, 4) is 0 Å². The Morgan fingerprint density at radius 3 is 2.67 bits per heavy atom. The van der Waals surface area contributed by atoms with Crippen LogP contribution in [0.25, 0.3) is 0 Å². The van der Waals surface area contributed by atoms with Gasteiger partial charge in [0.15, 0.2) is 0 Å². The van der Waals surface area contributed by atoms with E-state index in [4.69, 9.17) is 4.74 Å². The van der Waals surface area contributed by atoms with Gasteiger partial charge in [0.2, 0.25) is 0 Å². The molecule has 1 aromatic rings. The van der Waals surface area contributed by atoms with Crippen LogP contribution in [0, 0.1) is 0 Å². The SMILES string of the molecule is O=C(O)C1(c2ccccc2C2CCOC2)CCC1. The maximum Gasteiger partial charge on any atom is 0.314 e. The molecule has 1 heterocycles. The average Bonchev–Trinajstić information content (AvgIpc) is 2.81. The van der Waals surface area contributed by atoms with Gasteiger partial charge < -0.3 is 9.84 Å². The molecule has 0 aromatic heterocycles. The van der Waals surface area contributed by atoms with E-state index in [1.54, 1.807) is 0 Å². The summed E-state index contributed by atoms with van der Waals surface area (Å²) in [6, 6.07) is 8.04. The van der Waals surface area contributed by atoms with Gasteiger partial charge >= 0.3 is 5.97 Å². The molecule has 1 aliphatic heterocycles. The van der Waals surface area contributed by atoms with Gasteiger partial charge in [-0.1, -0.05) is 30.7 Å². The van der Waals surface area contributed by atoms with Crippen LogP contribution < -0.4 is 0 Å². The van der Waals surface area contributed by atoms with Crippen LogP contribution in [0.15, 0.2) is 24.3 Å². The van der Waals surface area contributed by atoms with Crippen LogP contribution in [0.2, 0.25) is 0 Å². The van der Waals surface area contributed by atoms with Crippen LogP contribution in [0.5, 0.6) is 0 Å². The molecule has 3 rings (SSSR count). The highest BCUT2D eigenvalue weighted by atomic mass is 16.5. The molecule has 18 heavy (non-hydrogen) atoms. The zero-order valence-corrected chi connectivity index (χ0v) is 10.4. The van der Waals surface area contributed by atoms with E-state index in [0.29, 0.717) is 5.92 Å². The van der Waals surface area contributed by atoms with Crippen LogP contribution in [-0.4, -0.2) is 24.3 Å². The Bertz CT molecular complexity index is 457. The Morgan fingerprint density at radius 1 is 1.33 bits per heavy atom. The van der Waals surface area contributed by atoms with E-state index in [1.807, 2.05) is 18.2 Å². The Balaban J connectivity index is 2.03. The lowest BCUT2D eigenvalue weighted by atomic mass is 9.62. The third-order valence-corrected chi connectivity index (χ3v) is 4.46. The summed E-state index contributed by atoms with van der Waals surface area (Å²) in [5, 5.41) is 9.57. The lowest BCUT2D eigenvalue weighted by molar-refractivity contribution is -0.147. The van der Waals surface area contributed by atoms with E-state index in [2.05, 4.69) is 6.07 Å². The Kier molecular flexibility index (Phi) is 2.86. The summed E-state index contributed by atoms with van der Waals surface area (Å²) in [7, 11) is 0. The minimum Gasteiger partial charge on any atom is -0.481 e. The molecule has 2 fully saturated rings. The van der Waals surface area contributed by atoms with Crippen molar-refractivity contribution < 1.29 is 14.6 Å². The van der Waals surface area contributed by atoms with Crippen molar-refractivity contribution in [1.29, 1.82) is 0 Å². The first-order valence-corrected chi connectivity index (χ1v) is 6.64. The summed E-state index contributed by atoms with van der Waals surface area (Å²) in [6.07, 6.45) is 3.56. The van der Waals surface area contributed by atoms with Gasteiger partial charge in [-0.3, -0.25) is 4.79 Å². The average molecular weight is 246 g/mol. The molecule has 1 unspecified atom stereocenters. The largest absolute Gasteiger partial charge is 0.481 e. The van der Waals surface area contributed by atoms with Gasteiger partial charge in [-0.2, -0.15) is 0 Å². The molecule has 96 valence electrons. The maximum absolute atomic E-state index is 11.6. The highest BCUT2D eigenvalue weighted by Gasteiger charge is 2.47. The third kappa shape index (κ3) is 1.65. The van der Waals surface area contributed by atoms with E-state index in [-0.39, 0.29) is 0 Å². The van der Waals surface area contributed by atoms with Gasteiger partial charge in [-0.25, -0.2) is 0 Å². The Labute approximate surface area is 107 Å². The number of aliphatic carboxylic acids is 1. The second-order valence-electron chi connectivity index (χ2n) is 5.39. The molecule has 1 saturated carbocycles. The fourth-order valence-corrected chi connectivity index (χ4v) is 3.20. The van der Waals surface area contributed by atoms with E-state index in [1.165, 1.54) is 5.56 Å². The molecule has 3 heteroatoms. The summed E-state index contributed by atoms with van der Waals surface area (Å²) in [6.45, 7) is 1.52. The van der Waals surface area contributed by atoms with Crippen LogP contribution in [0.3, 0.4) is 0 Å². The van der Waals surface area contributed by atoms with E-state index in [9.17, 15) is 9.90 Å². The van der Waals surface area contributed by atoms with E-state index < -0.39 is 11.4 Å². The molecule has 1 aromatic carbocycles. The quantitative estimate of drug-likeness (QED) is 0.892. The lowest BCUT2D eigenvalue weighted by Crippen LogP contribution is -2.43. The monoisotopic (exact) mass is 246 g/mol. The second kappa shape index (κ2) is 4.39. The van der Waals surface area contributed by atoms with Gasteiger partial charge in [0.1, 0.15) is 0 Å². The number of hydrogen-bond donors (Lipinski definition) is 1. The number of hydrogen-bond acceptors (Lipinski definition) is 2. The minimum atomic E-state index is -0.667. The Hall–Kier alpha value is -1.35. The minimum absolute atomic E-state index is 0.373. The van der Waals surface area contributed by atoms with Crippen molar-refractivity contribution in [3.05, 3.63) is 35.4 Å². The van der Waals surface area contributed by atoms with Crippen molar-refractivity contribution in [1.82, 2.24) is 0 Å². The summed E-state index contributed by atoms with van der Waals surface area (Å²) in [5.41, 5.74) is 1.59. The molecule has 1 saturated heterocycles. The molecule has 0 spiro atoms. The number of rotatable bonds is 3. The molecule has 1 atom stereocenters. The third-order valence-electron chi connectivity index (χ3n) is 4.46. The summed E-state index contributed by atoms with van der Waals surface area (Å²) in [4.78, 5) is 11.6. The smallest absolute Gasteiger partial charge is 0.314 e. The van der Waals surface area contributed by atoms with Crippen LogP contribution >= 0.6 is 0 Å². The summed E-state index contributed by atoms with van der Waals surface area (Å²) < 4.78 is 5.44. The second-order valence-corrected chi connectivity index (χ2v) is 5.39. The van der Waals surface area contributed by atoms with Crippen LogP contribution in [0.4, 0.5) is 0 Å². The normalized spacial score (nSPS) is 25.7. The summed E-state index contributed by atoms with van der Waals surface area (Å²) in [5.74, 6) is -0.293. The molecule has 0 radical (unpaired) electrons. The number of carbonyl (C=O) groups is 1. The maximum atomic E-state index is 11.6. The number of carboxylic acids is 1. The summed E-state index contributed by atoms with van der Waals surface area (Å²) >= 11 is 0. The lowest BCUT2D eigenvalue weighted by Gasteiger charge is -2.40. The predicted molar refractivity (Wildman–Crippen MR) is 67.8 cm³/mol. The van der Waals surface area contributed by atoms with Crippen molar-refractivity contribution in [2.45, 2.75) is 37.0 Å². The number of carboxylic acid groups (broad SMARTS) is 1. The van der Waals surface area contributed by atoms with Crippen LogP contribution in [-0.2, 0) is 14.9 Å². The fourth-order valence-electron chi connectivity index (χ4n) is 3.20. The van der Waals surface area contributed by atoms with Gasteiger partial charge in [-0.15, -0.1) is 0 Å². The molecule has 1 aliphatic carbocycles. The molecule has 1 N–H and O–H groups in total. The standard InChI is InChI=1S/C15H18O3/c16-14(17)15(7-3-8-15)13-5-2-1-4-12(13)11-6-9-18-10-11/h1-2,4-5,11H,3,6-10H2,(H,16,17). The number of ether oxygens (including phenoxy) is 1. The number of benzene rings is 1. The highest BCUT2D eigenvalue weighted by molar-refractivity contribution is 5.83. The first kappa shape index (κ1) is 11.7. The van der Waals surface area contributed by atoms with Gasteiger partial charge in [0.05, 0.1) is 12.0 Å². The molecule has 3 nitrogen and oxygen atoms in total. The zero-order valence-electron chi connectivity index (χ0n) is 10.4. The molecular weight excluding hydrogens is 228 g/mol. The fraction of sp³-hybridized carbons (Fsp3) is 0.533. The van der Waals surface area contributed by atoms with E-state index in [0.717, 1.165) is 44.5 Å². The van der Waals surface area contributed by atoms with Gasteiger partial charge in [0, 0.05) is 12.5 Å². The van der Waals surface area contributed by atoms with E-state index >= 15 is 0 Å². The molecule has 0 bridgehead atoms. The highest BCUT2D eigenvalue weighted by Crippen LogP contribution is 2.47. The van der Waals surface area contributed by atoms with Crippen molar-refractivity contribution in [2.24, 2.45) is 0 Å². The first-order valence-electron chi connectivity index (χ1n) is 6.64. The molecule has 2 aliphatic rings. The van der Waals surface area contributed by atoms with Crippen molar-refractivity contribution >= 4 is 5.97 Å². The van der Waals surface area contributed by atoms with Gasteiger partial charge in [0.25, 0.3) is 0 Å². The van der Waals surface area contributed by atoms with Crippen molar-refractivity contribution in [3.63, 3.8) is 0 Å². The van der Waals surface area contributed by atoms with Crippen molar-refractivity contribution in [2.75, 3.05) is 13.2 Å². The zero-order chi connectivity index (χ0) is 12.6. The molecule has 0 amide bonds. The first-order chi connectivity index (χ1) is 8.74. The van der Waals surface area contributed by atoms with Gasteiger partial charge in [-0.05, 0) is 30.4 Å². The topological polar surface area (TPSA) is 46.5 Å². The molecular formula is C15H18O3. The predicted octanol–water partition coefficient (Wildman–Crippen LogP) is 2.70.